The lowest BCUT2D eigenvalue weighted by atomic mass is 10.0. The first-order valence-electron chi connectivity index (χ1n) is 9.19. The Morgan fingerprint density at radius 1 is 1.14 bits per heavy atom. The Kier molecular flexibility index (Phi) is 5.02. The van der Waals surface area contributed by atoms with Gasteiger partial charge in [0.1, 0.15) is 17.4 Å². The Labute approximate surface area is 165 Å². The van der Waals surface area contributed by atoms with Gasteiger partial charge >= 0.3 is 0 Å². The highest BCUT2D eigenvalue weighted by molar-refractivity contribution is 7.20. The Morgan fingerprint density at radius 2 is 1.89 bits per heavy atom. The minimum Gasteiger partial charge on any atom is -0.467 e. The number of benzene rings is 2. The monoisotopic (exact) mass is 402 g/mol. The lowest BCUT2D eigenvalue weighted by Crippen LogP contribution is -2.41. The van der Waals surface area contributed by atoms with Gasteiger partial charge in [0.05, 0.1) is 4.70 Å². The van der Waals surface area contributed by atoms with Crippen molar-refractivity contribution in [3.05, 3.63) is 58.7 Å². The van der Waals surface area contributed by atoms with E-state index in [-0.39, 0.29) is 17.5 Å². The molecular formula is C21H20F2N2O2S. The van der Waals surface area contributed by atoms with Crippen LogP contribution < -0.4 is 4.74 Å². The highest BCUT2D eigenvalue weighted by Crippen LogP contribution is 2.32. The number of piperidine rings is 1. The maximum absolute atomic E-state index is 13.8. The lowest BCUT2D eigenvalue weighted by molar-refractivity contribution is 0.0595. The number of hydrogen-bond donors (Lipinski definition) is 0. The molecule has 7 heteroatoms. The van der Waals surface area contributed by atoms with E-state index in [4.69, 9.17) is 4.74 Å². The third-order valence-electron chi connectivity index (χ3n) is 5.14. The quantitative estimate of drug-likeness (QED) is 0.627. The van der Waals surface area contributed by atoms with Crippen LogP contribution in [0.5, 0.6) is 5.19 Å². The molecule has 28 heavy (non-hydrogen) atoms. The van der Waals surface area contributed by atoms with Crippen molar-refractivity contribution in [3.63, 3.8) is 0 Å². The molecule has 1 aromatic heterocycles. The predicted molar refractivity (Wildman–Crippen MR) is 105 cm³/mol. The van der Waals surface area contributed by atoms with Gasteiger partial charge in [0, 0.05) is 37.6 Å². The summed E-state index contributed by atoms with van der Waals surface area (Å²) >= 11 is 1.13. The zero-order chi connectivity index (χ0) is 19.8. The molecule has 0 radical (unpaired) electrons. The van der Waals surface area contributed by atoms with Gasteiger partial charge in [0.2, 0.25) is 0 Å². The molecular weight excluding hydrogens is 382 g/mol. The third kappa shape index (κ3) is 3.71. The zero-order valence-corrected chi connectivity index (χ0v) is 16.5. The minimum atomic E-state index is -0.685. The number of amides is 1. The Morgan fingerprint density at radius 3 is 2.61 bits per heavy atom. The second-order valence-corrected chi connectivity index (χ2v) is 8.12. The van der Waals surface area contributed by atoms with Crippen molar-refractivity contribution in [2.24, 2.45) is 0 Å². The lowest BCUT2D eigenvalue weighted by Gasteiger charge is -2.31. The summed E-state index contributed by atoms with van der Waals surface area (Å²) < 4.78 is 33.4. The molecule has 1 aliphatic rings. The van der Waals surface area contributed by atoms with Crippen molar-refractivity contribution >= 4 is 27.5 Å². The summed E-state index contributed by atoms with van der Waals surface area (Å²) in [5.74, 6) is -1.28. The fraction of sp³-hybridized carbons (Fsp3) is 0.333. The highest BCUT2D eigenvalue weighted by atomic mass is 32.1. The second-order valence-electron chi connectivity index (χ2n) is 7.12. The summed E-state index contributed by atoms with van der Waals surface area (Å²) in [6.45, 7) is 5.20. The van der Waals surface area contributed by atoms with Crippen LogP contribution in [-0.2, 0) is 0 Å². The first-order chi connectivity index (χ1) is 13.4. The van der Waals surface area contributed by atoms with E-state index in [2.05, 4.69) is 4.98 Å². The summed E-state index contributed by atoms with van der Waals surface area (Å²) in [6, 6.07) is 7.83. The molecule has 1 amide bonds. The van der Waals surface area contributed by atoms with Crippen LogP contribution in [0.2, 0.25) is 0 Å². The van der Waals surface area contributed by atoms with Crippen molar-refractivity contribution in [1.29, 1.82) is 0 Å². The van der Waals surface area contributed by atoms with Gasteiger partial charge in [-0.05, 0) is 43.2 Å². The Hall–Kier alpha value is -2.54. The standard InChI is InChI=1S/C21H20F2N2O2S/c1-12-3-4-14(9-13(12)2)20(26)25-7-5-16(6-8-25)27-21-24-19-17(23)10-15(22)11-18(19)28-21/h3-4,9-11,16H,5-8H2,1-2H3. The van der Waals surface area contributed by atoms with Crippen LogP contribution >= 0.6 is 11.3 Å². The number of thiazole rings is 1. The molecule has 2 aromatic carbocycles. The van der Waals surface area contributed by atoms with Crippen molar-refractivity contribution < 1.29 is 18.3 Å². The summed E-state index contributed by atoms with van der Waals surface area (Å²) in [5, 5.41) is 0.332. The maximum Gasteiger partial charge on any atom is 0.274 e. The van der Waals surface area contributed by atoms with Crippen LogP contribution in [0.25, 0.3) is 10.2 Å². The Balaban J connectivity index is 1.39. The average Bonchev–Trinajstić information content (AvgIpc) is 3.06. The number of nitrogens with zero attached hydrogens (tertiary/aromatic N) is 2. The molecule has 2 heterocycles. The predicted octanol–water partition coefficient (Wildman–Crippen LogP) is 4.87. The van der Waals surface area contributed by atoms with Crippen LogP contribution in [0.4, 0.5) is 8.78 Å². The van der Waals surface area contributed by atoms with E-state index >= 15 is 0 Å². The third-order valence-corrected chi connectivity index (χ3v) is 6.04. The van der Waals surface area contributed by atoms with Gasteiger partial charge < -0.3 is 9.64 Å². The van der Waals surface area contributed by atoms with Crippen LogP contribution in [-0.4, -0.2) is 35.0 Å². The van der Waals surface area contributed by atoms with Crippen LogP contribution in [0.15, 0.2) is 30.3 Å². The number of fused-ring (bicyclic) bond motifs is 1. The number of carbonyl (C=O) groups is 1. The largest absolute Gasteiger partial charge is 0.467 e. The molecule has 0 aliphatic carbocycles. The zero-order valence-electron chi connectivity index (χ0n) is 15.7. The minimum absolute atomic E-state index is 0.0269. The number of hydrogen-bond acceptors (Lipinski definition) is 4. The molecule has 1 saturated heterocycles. The molecule has 0 saturated carbocycles. The van der Waals surface area contributed by atoms with Gasteiger partial charge in [0.15, 0.2) is 5.82 Å². The highest BCUT2D eigenvalue weighted by Gasteiger charge is 2.26. The number of aromatic nitrogens is 1. The number of rotatable bonds is 3. The summed E-state index contributed by atoms with van der Waals surface area (Å²) in [4.78, 5) is 18.7. The van der Waals surface area contributed by atoms with E-state index in [1.54, 1.807) is 0 Å². The van der Waals surface area contributed by atoms with E-state index < -0.39 is 11.6 Å². The van der Waals surface area contributed by atoms with E-state index in [9.17, 15) is 13.6 Å². The van der Waals surface area contributed by atoms with Gasteiger partial charge in [-0.1, -0.05) is 17.4 Å². The first-order valence-corrected chi connectivity index (χ1v) is 10.0. The van der Waals surface area contributed by atoms with Crippen molar-refractivity contribution in [2.75, 3.05) is 13.1 Å². The normalized spacial score (nSPS) is 15.2. The van der Waals surface area contributed by atoms with E-state index in [1.807, 2.05) is 36.9 Å². The number of ether oxygens (including phenoxy) is 1. The molecule has 1 aliphatic heterocycles. The van der Waals surface area contributed by atoms with Crippen molar-refractivity contribution in [2.45, 2.75) is 32.8 Å². The van der Waals surface area contributed by atoms with E-state index in [0.29, 0.717) is 41.4 Å². The van der Waals surface area contributed by atoms with Gasteiger partial charge in [-0.2, -0.15) is 4.98 Å². The topological polar surface area (TPSA) is 42.4 Å². The molecule has 0 N–H and O–H groups in total. The van der Waals surface area contributed by atoms with Crippen LogP contribution in [0, 0.1) is 25.5 Å². The smallest absolute Gasteiger partial charge is 0.274 e. The summed E-state index contributed by atoms with van der Waals surface area (Å²) in [5.41, 5.74) is 3.09. The van der Waals surface area contributed by atoms with Crippen LogP contribution in [0.3, 0.4) is 0 Å². The molecule has 0 spiro atoms. The number of likely N-dealkylation sites (tertiary alicyclic amines) is 1. The fourth-order valence-electron chi connectivity index (χ4n) is 3.36. The van der Waals surface area contributed by atoms with Gasteiger partial charge in [0.25, 0.3) is 11.1 Å². The number of halogens is 2. The van der Waals surface area contributed by atoms with E-state index in [0.717, 1.165) is 28.5 Å². The van der Waals surface area contributed by atoms with Crippen molar-refractivity contribution in [3.8, 4) is 5.19 Å². The van der Waals surface area contributed by atoms with Gasteiger partial charge in [-0.3, -0.25) is 4.79 Å². The molecule has 3 aromatic rings. The number of carbonyl (C=O) groups excluding carboxylic acids is 1. The molecule has 4 rings (SSSR count). The van der Waals surface area contributed by atoms with E-state index in [1.165, 1.54) is 6.07 Å². The molecule has 146 valence electrons. The van der Waals surface area contributed by atoms with Crippen molar-refractivity contribution in [1.82, 2.24) is 9.88 Å². The molecule has 0 atom stereocenters. The SMILES string of the molecule is Cc1ccc(C(=O)N2CCC(Oc3nc4c(F)cc(F)cc4s3)CC2)cc1C. The first kappa shape index (κ1) is 18.8. The van der Waals surface area contributed by atoms with Crippen LogP contribution in [0.1, 0.15) is 34.3 Å². The second kappa shape index (κ2) is 7.47. The average molecular weight is 402 g/mol. The summed E-state index contributed by atoms with van der Waals surface area (Å²) in [6.07, 6.45) is 1.24. The fourth-order valence-corrected chi connectivity index (χ4v) is 4.28. The van der Waals surface area contributed by atoms with Gasteiger partial charge in [-0.15, -0.1) is 0 Å². The van der Waals surface area contributed by atoms with Gasteiger partial charge in [-0.25, -0.2) is 8.78 Å². The number of aryl methyl sites for hydroxylation is 2. The molecule has 0 bridgehead atoms. The molecule has 4 nitrogen and oxygen atoms in total. The molecule has 0 unspecified atom stereocenters. The maximum atomic E-state index is 13.8. The molecule has 1 fully saturated rings. The Bertz CT molecular complexity index is 1040. The summed E-state index contributed by atoms with van der Waals surface area (Å²) in [7, 11) is 0.